The molecule has 0 saturated carbocycles. The third-order valence-electron chi connectivity index (χ3n) is 4.83. The van der Waals surface area contributed by atoms with Crippen LogP contribution in [0.4, 0.5) is 43.9 Å². The summed E-state index contributed by atoms with van der Waals surface area (Å²) < 4.78 is 140. The van der Waals surface area contributed by atoms with Crippen molar-refractivity contribution in [2.75, 3.05) is 0 Å². The Morgan fingerprint density at radius 2 is 1.08 bits per heavy atom. The van der Waals surface area contributed by atoms with E-state index in [9.17, 15) is 53.5 Å². The zero-order chi connectivity index (χ0) is 27.6. The van der Waals surface area contributed by atoms with Crippen LogP contribution in [0.25, 0.3) is 0 Å². The fourth-order valence-electron chi connectivity index (χ4n) is 3.03. The van der Waals surface area contributed by atoms with E-state index in [0.717, 1.165) is 0 Å². The van der Waals surface area contributed by atoms with E-state index in [1.807, 2.05) is 0 Å². The molecule has 37 heavy (non-hydrogen) atoms. The summed E-state index contributed by atoms with van der Waals surface area (Å²) in [4.78, 5) is 23.5. The summed E-state index contributed by atoms with van der Waals surface area (Å²) in [7, 11) is 0. The molecule has 3 nitrogen and oxygen atoms in total. The van der Waals surface area contributed by atoms with Crippen molar-refractivity contribution in [1.82, 2.24) is 0 Å². The van der Waals surface area contributed by atoms with E-state index in [1.54, 1.807) is 6.07 Å². The molecule has 3 aromatic carbocycles. The van der Waals surface area contributed by atoms with E-state index < -0.39 is 110 Å². The Labute approximate surface area is 205 Å². The highest BCUT2D eigenvalue weighted by atomic mass is 32.2. The Hall–Kier alpha value is -3.55. The van der Waals surface area contributed by atoms with Gasteiger partial charge in [0.2, 0.25) is 40.7 Å². The second-order valence-corrected chi connectivity index (χ2v) is 8.35. The lowest BCUT2D eigenvalue weighted by Gasteiger charge is -2.17. The van der Waals surface area contributed by atoms with Crippen molar-refractivity contribution in [2.24, 2.45) is 5.92 Å². The first-order chi connectivity index (χ1) is 17.3. The van der Waals surface area contributed by atoms with E-state index in [0.29, 0.717) is 5.56 Å². The number of esters is 1. The molecular weight excluding hydrogens is 546 g/mol. The standard InChI is InChI=1S/C23H10F10O3S/c24-11-13(26)17(30)21(18(31)14(11)27)36-23(35)9(6-8-4-2-1-3-5-8)7-10(34)37-22-19(32)15(28)12(25)16(29)20(22)33/h1-5,9H,6-7H2/t9-/m0/s1. The molecule has 0 aliphatic heterocycles. The first kappa shape index (κ1) is 28.0. The van der Waals surface area contributed by atoms with Crippen molar-refractivity contribution in [1.29, 1.82) is 0 Å². The van der Waals surface area contributed by atoms with E-state index in [2.05, 4.69) is 4.74 Å². The molecule has 0 N–H and O–H groups in total. The number of halogens is 10. The van der Waals surface area contributed by atoms with Gasteiger partial charge in [-0.3, -0.25) is 9.59 Å². The lowest BCUT2D eigenvalue weighted by molar-refractivity contribution is -0.140. The summed E-state index contributed by atoms with van der Waals surface area (Å²) >= 11 is -0.451. The minimum atomic E-state index is -2.52. The summed E-state index contributed by atoms with van der Waals surface area (Å²) in [6.45, 7) is 0. The zero-order valence-corrected chi connectivity index (χ0v) is 18.6. The van der Waals surface area contributed by atoms with Crippen molar-refractivity contribution in [3.05, 3.63) is 94.1 Å². The third-order valence-corrected chi connectivity index (χ3v) is 5.79. The number of thioether (sulfide) groups is 1. The minimum absolute atomic E-state index is 0.302. The zero-order valence-electron chi connectivity index (χ0n) is 17.8. The maximum Gasteiger partial charge on any atom is 0.315 e. The SMILES string of the molecule is O=C(C[C@H](Cc1ccccc1)C(=O)Oc1c(F)c(F)c(F)c(F)c1F)Sc1c(F)c(F)c(F)c(F)c1F. The predicted molar refractivity (Wildman–Crippen MR) is 107 cm³/mol. The third kappa shape index (κ3) is 5.73. The van der Waals surface area contributed by atoms with Crippen molar-refractivity contribution < 1.29 is 58.2 Å². The van der Waals surface area contributed by atoms with E-state index >= 15 is 0 Å². The van der Waals surface area contributed by atoms with Crippen LogP contribution >= 0.6 is 11.8 Å². The van der Waals surface area contributed by atoms with Gasteiger partial charge in [0.1, 0.15) is 0 Å². The Bertz CT molecular complexity index is 1320. The molecule has 14 heteroatoms. The van der Waals surface area contributed by atoms with Crippen molar-refractivity contribution >= 4 is 22.8 Å². The molecule has 0 amide bonds. The Balaban J connectivity index is 1.92. The van der Waals surface area contributed by atoms with Gasteiger partial charge in [0.15, 0.2) is 28.4 Å². The monoisotopic (exact) mass is 556 g/mol. The highest BCUT2D eigenvalue weighted by Gasteiger charge is 2.33. The highest BCUT2D eigenvalue weighted by molar-refractivity contribution is 8.13. The number of ether oxygens (including phenoxy) is 1. The summed E-state index contributed by atoms with van der Waals surface area (Å²) in [5, 5.41) is -1.35. The summed E-state index contributed by atoms with van der Waals surface area (Å²) in [6.07, 6.45) is -1.51. The van der Waals surface area contributed by atoms with Gasteiger partial charge in [-0.2, -0.15) is 8.78 Å². The summed E-state index contributed by atoms with van der Waals surface area (Å²) in [6, 6.07) is 7.34. The molecule has 0 spiro atoms. The molecule has 0 aliphatic carbocycles. The number of benzene rings is 3. The molecule has 0 aliphatic rings. The Kier molecular flexibility index (Phi) is 8.51. The largest absolute Gasteiger partial charge is 0.420 e. The maximum absolute atomic E-state index is 13.9. The van der Waals surface area contributed by atoms with Crippen LogP contribution < -0.4 is 4.74 Å². The molecule has 0 unspecified atom stereocenters. The first-order valence-electron chi connectivity index (χ1n) is 9.84. The summed E-state index contributed by atoms with van der Waals surface area (Å²) in [5.41, 5.74) is 0.302. The van der Waals surface area contributed by atoms with Crippen LogP contribution in [0.15, 0.2) is 35.2 Å². The van der Waals surface area contributed by atoms with Gasteiger partial charge in [-0.25, -0.2) is 35.1 Å². The first-order valence-corrected chi connectivity index (χ1v) is 10.7. The maximum atomic E-state index is 13.9. The molecular formula is C23H10F10O3S. The number of carbonyl (C=O) groups excluding carboxylic acids is 2. The van der Waals surface area contributed by atoms with Crippen LogP contribution in [-0.4, -0.2) is 11.1 Å². The van der Waals surface area contributed by atoms with Gasteiger partial charge in [0.25, 0.3) is 0 Å². The van der Waals surface area contributed by atoms with Gasteiger partial charge in [0.05, 0.1) is 10.8 Å². The van der Waals surface area contributed by atoms with Crippen LogP contribution in [0.3, 0.4) is 0 Å². The van der Waals surface area contributed by atoms with Crippen molar-refractivity contribution in [3.63, 3.8) is 0 Å². The lowest BCUT2D eigenvalue weighted by atomic mass is 9.97. The fraction of sp³-hybridized carbons (Fsp3) is 0.130. The van der Waals surface area contributed by atoms with Crippen molar-refractivity contribution in [2.45, 2.75) is 17.7 Å². The number of carbonyl (C=O) groups is 2. The van der Waals surface area contributed by atoms with Crippen LogP contribution in [-0.2, 0) is 16.0 Å². The van der Waals surface area contributed by atoms with Gasteiger partial charge >= 0.3 is 5.97 Å². The smallest absolute Gasteiger partial charge is 0.315 e. The average Bonchev–Trinajstić information content (AvgIpc) is 2.89. The van der Waals surface area contributed by atoms with E-state index in [1.165, 1.54) is 24.3 Å². The number of hydrogen-bond acceptors (Lipinski definition) is 4. The highest BCUT2D eigenvalue weighted by Crippen LogP contribution is 2.34. The minimum Gasteiger partial charge on any atom is -0.420 e. The normalized spacial score (nSPS) is 11.9. The molecule has 0 aromatic heterocycles. The van der Waals surface area contributed by atoms with Gasteiger partial charge in [-0.15, -0.1) is 0 Å². The Morgan fingerprint density at radius 3 is 1.57 bits per heavy atom. The van der Waals surface area contributed by atoms with Crippen LogP contribution in [0, 0.1) is 64.1 Å². The molecule has 0 radical (unpaired) electrons. The second kappa shape index (κ2) is 11.2. The average molecular weight is 556 g/mol. The van der Waals surface area contributed by atoms with Crippen LogP contribution in [0.5, 0.6) is 5.75 Å². The molecule has 0 bridgehead atoms. The van der Waals surface area contributed by atoms with Gasteiger partial charge in [-0.05, 0) is 23.7 Å². The van der Waals surface area contributed by atoms with Gasteiger partial charge in [-0.1, -0.05) is 30.3 Å². The quantitative estimate of drug-likeness (QED) is 0.0827. The fourth-order valence-corrected chi connectivity index (χ4v) is 3.90. The topological polar surface area (TPSA) is 43.4 Å². The van der Waals surface area contributed by atoms with Crippen molar-refractivity contribution in [3.8, 4) is 5.75 Å². The Morgan fingerprint density at radius 1 is 0.649 bits per heavy atom. The number of rotatable bonds is 7. The van der Waals surface area contributed by atoms with E-state index in [-0.39, 0.29) is 0 Å². The van der Waals surface area contributed by atoms with Gasteiger partial charge in [0, 0.05) is 6.42 Å². The van der Waals surface area contributed by atoms with E-state index in [4.69, 9.17) is 0 Å². The lowest BCUT2D eigenvalue weighted by Crippen LogP contribution is -2.26. The second-order valence-electron chi connectivity index (χ2n) is 7.28. The molecule has 0 saturated heterocycles. The molecule has 3 rings (SSSR count). The molecule has 0 heterocycles. The molecule has 196 valence electrons. The van der Waals surface area contributed by atoms with Gasteiger partial charge < -0.3 is 4.74 Å². The molecule has 0 fully saturated rings. The molecule has 3 aromatic rings. The number of hydrogen-bond donors (Lipinski definition) is 0. The predicted octanol–water partition coefficient (Wildman–Crippen LogP) is 6.55. The van der Waals surface area contributed by atoms with Crippen LogP contribution in [0.2, 0.25) is 0 Å². The van der Waals surface area contributed by atoms with Crippen LogP contribution in [0.1, 0.15) is 12.0 Å². The summed E-state index contributed by atoms with van der Waals surface area (Å²) in [5.74, 6) is -29.5. The molecule has 1 atom stereocenters.